The van der Waals surface area contributed by atoms with Crippen LogP contribution in [0.2, 0.25) is 0 Å². The lowest BCUT2D eigenvalue weighted by Gasteiger charge is -2.19. The normalized spacial score (nSPS) is 14.2. The van der Waals surface area contributed by atoms with Gasteiger partial charge in [-0.25, -0.2) is 9.37 Å². The van der Waals surface area contributed by atoms with Gasteiger partial charge in [0.1, 0.15) is 23.7 Å². The molecule has 1 saturated carbocycles. The number of carbonyl (C=O) groups is 2. The predicted octanol–water partition coefficient (Wildman–Crippen LogP) is 2.04. The molecule has 29 heavy (non-hydrogen) atoms. The number of nitrogens with one attached hydrogen (secondary N) is 2. The molecule has 1 aromatic heterocycles. The summed E-state index contributed by atoms with van der Waals surface area (Å²) in [5, 5.41) is 14.9. The van der Waals surface area contributed by atoms with Gasteiger partial charge in [-0.15, -0.1) is 0 Å². The molecule has 2 aromatic rings. The maximum Gasteiger partial charge on any atom is 0.228 e. The zero-order chi connectivity index (χ0) is 21.0. The molecule has 0 radical (unpaired) electrons. The Hall–Kier alpha value is -3.38. The molecular weight excluding hydrogens is 375 g/mol. The molecule has 1 aliphatic carbocycles. The van der Waals surface area contributed by atoms with E-state index in [0.29, 0.717) is 29.9 Å². The minimum atomic E-state index is -0.727. The van der Waals surface area contributed by atoms with Crippen molar-refractivity contribution in [3.05, 3.63) is 35.9 Å². The predicted molar refractivity (Wildman–Crippen MR) is 106 cm³/mol. The Bertz CT molecular complexity index is 951. The summed E-state index contributed by atoms with van der Waals surface area (Å²) in [6.45, 7) is 0.384. The maximum absolute atomic E-state index is 14.5. The first-order valence-corrected chi connectivity index (χ1v) is 9.14. The van der Waals surface area contributed by atoms with E-state index in [1.807, 2.05) is 6.07 Å². The summed E-state index contributed by atoms with van der Waals surface area (Å²) in [6.07, 6.45) is 5.30. The number of carbonyl (C=O) groups excluding carboxylic acids is 2. The van der Waals surface area contributed by atoms with Gasteiger partial charge in [0, 0.05) is 18.0 Å². The second kappa shape index (κ2) is 8.75. The van der Waals surface area contributed by atoms with E-state index < -0.39 is 11.9 Å². The fraction of sp³-hybridized carbons (Fsp3) is 0.350. The molecule has 0 bridgehead atoms. The average molecular weight is 396 g/mol. The molecule has 0 aliphatic heterocycles. The number of amides is 1. The molecule has 8 nitrogen and oxygen atoms in total. The number of aldehydes is 1. The molecule has 1 amide bonds. The second-order valence-corrected chi connectivity index (χ2v) is 7.19. The summed E-state index contributed by atoms with van der Waals surface area (Å²) < 4.78 is 14.5. The van der Waals surface area contributed by atoms with E-state index in [4.69, 9.17) is 0 Å². The van der Waals surface area contributed by atoms with Crippen LogP contribution in [0.5, 0.6) is 0 Å². The highest BCUT2D eigenvalue weighted by molar-refractivity contribution is 5.93. The van der Waals surface area contributed by atoms with E-state index in [1.54, 1.807) is 25.1 Å². The fourth-order valence-electron chi connectivity index (χ4n) is 2.81. The summed E-state index contributed by atoms with van der Waals surface area (Å²) in [6, 6.07) is 3.96. The molecule has 0 unspecified atom stereocenters. The molecule has 9 heteroatoms. The van der Waals surface area contributed by atoms with E-state index in [-0.39, 0.29) is 23.1 Å². The molecule has 1 aliphatic rings. The standard InChI is InChI=1S/C20H21FN6O2/c1-27(2)10-14(11-28)25-17-6-13(5-16(21)15(17)7-22)18-8-24-19(9-23-18)26-20(29)12-3-4-12/h5-6,8-9,11-12,14,25H,3-4,10H2,1-2H3,(H,24,26,29)/t14-/m0/s1. The summed E-state index contributed by atoms with van der Waals surface area (Å²) in [7, 11) is 3.61. The van der Waals surface area contributed by atoms with Gasteiger partial charge in [-0.2, -0.15) is 5.26 Å². The number of halogens is 1. The molecule has 1 fully saturated rings. The second-order valence-electron chi connectivity index (χ2n) is 7.19. The zero-order valence-corrected chi connectivity index (χ0v) is 16.1. The Morgan fingerprint density at radius 3 is 2.69 bits per heavy atom. The van der Waals surface area contributed by atoms with Gasteiger partial charge < -0.3 is 20.3 Å². The summed E-state index contributed by atoms with van der Waals surface area (Å²) in [5.74, 6) is -0.436. The van der Waals surface area contributed by atoms with Crippen LogP contribution in [0.15, 0.2) is 24.5 Å². The molecule has 1 atom stereocenters. The number of hydrogen-bond donors (Lipinski definition) is 2. The van der Waals surface area contributed by atoms with Crippen molar-refractivity contribution in [2.75, 3.05) is 31.3 Å². The number of nitriles is 1. The summed E-state index contributed by atoms with van der Waals surface area (Å²) >= 11 is 0. The van der Waals surface area contributed by atoms with E-state index >= 15 is 0 Å². The minimum absolute atomic E-state index is 0.0469. The number of benzene rings is 1. The molecular formula is C20H21FN6O2. The number of hydrogen-bond acceptors (Lipinski definition) is 7. The van der Waals surface area contributed by atoms with E-state index in [1.165, 1.54) is 18.5 Å². The van der Waals surface area contributed by atoms with E-state index in [9.17, 15) is 19.2 Å². The smallest absolute Gasteiger partial charge is 0.228 e. The van der Waals surface area contributed by atoms with Crippen molar-refractivity contribution in [2.45, 2.75) is 18.9 Å². The zero-order valence-electron chi connectivity index (χ0n) is 16.1. The van der Waals surface area contributed by atoms with Crippen LogP contribution in [-0.4, -0.2) is 53.7 Å². The van der Waals surface area contributed by atoms with Crippen molar-refractivity contribution in [1.29, 1.82) is 5.26 Å². The minimum Gasteiger partial charge on any atom is -0.373 e. The molecule has 2 N–H and O–H groups in total. The van der Waals surface area contributed by atoms with Gasteiger partial charge in [-0.3, -0.25) is 9.78 Å². The average Bonchev–Trinajstić information content (AvgIpc) is 3.53. The molecule has 1 heterocycles. The van der Waals surface area contributed by atoms with E-state index in [0.717, 1.165) is 12.8 Å². The molecule has 150 valence electrons. The van der Waals surface area contributed by atoms with Crippen LogP contribution in [0.3, 0.4) is 0 Å². The van der Waals surface area contributed by atoms with Gasteiger partial charge in [0.2, 0.25) is 5.91 Å². The van der Waals surface area contributed by atoms with Crippen LogP contribution in [-0.2, 0) is 9.59 Å². The molecule has 3 rings (SSSR count). The van der Waals surface area contributed by atoms with Gasteiger partial charge >= 0.3 is 0 Å². The van der Waals surface area contributed by atoms with Gasteiger partial charge in [0.25, 0.3) is 0 Å². The van der Waals surface area contributed by atoms with Gasteiger partial charge in [0.05, 0.1) is 29.8 Å². The first-order valence-electron chi connectivity index (χ1n) is 9.14. The third-order valence-electron chi connectivity index (χ3n) is 4.42. The first-order chi connectivity index (χ1) is 13.9. The highest BCUT2D eigenvalue weighted by Crippen LogP contribution is 2.30. The Morgan fingerprint density at radius 2 is 2.14 bits per heavy atom. The Labute approximate surface area is 167 Å². The largest absolute Gasteiger partial charge is 0.373 e. The quantitative estimate of drug-likeness (QED) is 0.657. The Kier molecular flexibility index (Phi) is 6.14. The SMILES string of the molecule is CN(C)C[C@@H](C=O)Nc1cc(-c2cnc(NC(=O)C3CC3)cn2)cc(F)c1C#N. The summed E-state index contributed by atoms with van der Waals surface area (Å²) in [5.41, 5.74) is 0.789. The van der Waals surface area contributed by atoms with E-state index in [2.05, 4.69) is 20.6 Å². The van der Waals surface area contributed by atoms with Crippen molar-refractivity contribution in [1.82, 2.24) is 14.9 Å². The number of likely N-dealkylation sites (N-methyl/N-ethyl adjacent to an activating group) is 1. The highest BCUT2D eigenvalue weighted by atomic mass is 19.1. The highest BCUT2D eigenvalue weighted by Gasteiger charge is 2.29. The van der Waals surface area contributed by atoms with Crippen molar-refractivity contribution in [3.8, 4) is 17.3 Å². The monoisotopic (exact) mass is 396 g/mol. The van der Waals surface area contributed by atoms with Gasteiger partial charge in [-0.1, -0.05) is 0 Å². The Morgan fingerprint density at radius 1 is 1.38 bits per heavy atom. The van der Waals surface area contributed by atoms with Gasteiger partial charge in [-0.05, 0) is 39.1 Å². The molecule has 1 aromatic carbocycles. The van der Waals surface area contributed by atoms with Crippen molar-refractivity contribution >= 4 is 23.7 Å². The molecule has 0 saturated heterocycles. The third kappa shape index (κ3) is 5.12. The van der Waals surface area contributed by atoms with Crippen molar-refractivity contribution in [3.63, 3.8) is 0 Å². The maximum atomic E-state index is 14.5. The van der Waals surface area contributed by atoms with Crippen molar-refractivity contribution in [2.24, 2.45) is 5.92 Å². The number of anilines is 2. The number of aromatic nitrogens is 2. The van der Waals surface area contributed by atoms with Crippen LogP contribution in [0.25, 0.3) is 11.3 Å². The van der Waals surface area contributed by atoms with Crippen LogP contribution in [0.1, 0.15) is 18.4 Å². The lowest BCUT2D eigenvalue weighted by Crippen LogP contribution is -2.33. The lowest BCUT2D eigenvalue weighted by atomic mass is 10.1. The van der Waals surface area contributed by atoms with Crippen LogP contribution < -0.4 is 10.6 Å². The molecule has 0 spiro atoms. The summed E-state index contributed by atoms with van der Waals surface area (Å²) in [4.78, 5) is 33.3. The third-order valence-corrected chi connectivity index (χ3v) is 4.42. The van der Waals surface area contributed by atoms with Crippen LogP contribution in [0.4, 0.5) is 15.9 Å². The Balaban J connectivity index is 1.85. The fourth-order valence-corrected chi connectivity index (χ4v) is 2.81. The number of nitrogens with zero attached hydrogens (tertiary/aromatic N) is 4. The van der Waals surface area contributed by atoms with Crippen molar-refractivity contribution < 1.29 is 14.0 Å². The van der Waals surface area contributed by atoms with Crippen LogP contribution in [0, 0.1) is 23.1 Å². The first kappa shape index (κ1) is 20.4. The number of rotatable bonds is 8. The van der Waals surface area contributed by atoms with Gasteiger partial charge in [0.15, 0.2) is 5.82 Å². The topological polar surface area (TPSA) is 111 Å². The van der Waals surface area contributed by atoms with Crippen LogP contribution >= 0.6 is 0 Å². The lowest BCUT2D eigenvalue weighted by molar-refractivity contribution is -0.117.